The molecule has 1 atom stereocenters. The maximum atomic E-state index is 12.6. The van der Waals surface area contributed by atoms with Crippen molar-refractivity contribution in [2.75, 3.05) is 24.6 Å². The lowest BCUT2D eigenvalue weighted by Gasteiger charge is -2.34. The normalized spacial score (nSPS) is 15.3. The molecule has 1 aliphatic rings. The second kappa shape index (κ2) is 11.4. The summed E-state index contributed by atoms with van der Waals surface area (Å²) >= 11 is 0. The number of pyridine rings is 1. The molecule has 1 amide bonds. The molecule has 1 aliphatic heterocycles. The molecule has 1 unspecified atom stereocenters. The van der Waals surface area contributed by atoms with E-state index in [9.17, 15) is 9.59 Å². The number of carbonyl (C=O) groups excluding carboxylic acids is 1. The molecule has 2 heterocycles. The number of rotatable bonds is 9. The molecule has 0 spiro atoms. The highest BCUT2D eigenvalue weighted by Crippen LogP contribution is 2.29. The average molecular weight is 476 g/mol. The molecule has 0 saturated carbocycles. The number of nitrogens with one attached hydrogen (secondary N) is 1. The summed E-state index contributed by atoms with van der Waals surface area (Å²) in [5.41, 5.74) is 1.35. The monoisotopic (exact) mass is 475 g/mol. The van der Waals surface area contributed by atoms with Gasteiger partial charge in [0.05, 0.1) is 24.3 Å². The minimum atomic E-state index is -0.998. The van der Waals surface area contributed by atoms with Crippen molar-refractivity contribution < 1.29 is 24.2 Å². The van der Waals surface area contributed by atoms with E-state index in [4.69, 9.17) is 14.6 Å². The van der Waals surface area contributed by atoms with Gasteiger partial charge in [-0.1, -0.05) is 24.3 Å². The molecule has 35 heavy (non-hydrogen) atoms. The maximum Gasteiger partial charge on any atom is 0.335 e. The lowest BCUT2D eigenvalue weighted by Crippen LogP contribution is -2.41. The van der Waals surface area contributed by atoms with Crippen LogP contribution in [0.3, 0.4) is 0 Å². The van der Waals surface area contributed by atoms with E-state index in [-0.39, 0.29) is 24.1 Å². The van der Waals surface area contributed by atoms with Crippen LogP contribution >= 0.6 is 0 Å². The zero-order chi connectivity index (χ0) is 24.6. The number of aromatic nitrogens is 1. The Labute approximate surface area is 204 Å². The molecule has 0 aliphatic carbocycles. The molecular weight excluding hydrogens is 446 g/mol. The smallest absolute Gasteiger partial charge is 0.335 e. The van der Waals surface area contributed by atoms with Crippen LogP contribution in [0.5, 0.6) is 11.5 Å². The first-order valence-corrected chi connectivity index (χ1v) is 11.7. The molecule has 1 fully saturated rings. The largest absolute Gasteiger partial charge is 0.490 e. The van der Waals surface area contributed by atoms with E-state index in [1.54, 1.807) is 30.5 Å². The molecule has 8 heteroatoms. The highest BCUT2D eigenvalue weighted by atomic mass is 16.5. The fourth-order valence-corrected chi connectivity index (χ4v) is 4.05. The first-order chi connectivity index (χ1) is 17.0. The predicted molar refractivity (Wildman–Crippen MR) is 132 cm³/mol. The van der Waals surface area contributed by atoms with Gasteiger partial charge in [-0.3, -0.25) is 4.79 Å². The van der Waals surface area contributed by atoms with Crippen molar-refractivity contribution in [3.05, 3.63) is 83.6 Å². The molecule has 1 aromatic heterocycles. The molecule has 8 nitrogen and oxygen atoms in total. The summed E-state index contributed by atoms with van der Waals surface area (Å²) in [5.74, 6) is 1.02. The number of piperidine rings is 1. The summed E-state index contributed by atoms with van der Waals surface area (Å²) < 4.78 is 11.9. The van der Waals surface area contributed by atoms with Gasteiger partial charge >= 0.3 is 5.97 Å². The van der Waals surface area contributed by atoms with E-state index < -0.39 is 5.97 Å². The molecule has 0 radical (unpaired) electrons. The van der Waals surface area contributed by atoms with Gasteiger partial charge in [0.1, 0.15) is 11.9 Å². The second-order valence-electron chi connectivity index (χ2n) is 8.30. The van der Waals surface area contributed by atoms with Crippen LogP contribution in [-0.2, 0) is 6.54 Å². The first-order valence-electron chi connectivity index (χ1n) is 11.7. The quantitative estimate of drug-likeness (QED) is 0.479. The van der Waals surface area contributed by atoms with Gasteiger partial charge in [0.15, 0.2) is 11.5 Å². The Kier molecular flexibility index (Phi) is 7.82. The number of carbonyl (C=O) groups is 2. The van der Waals surface area contributed by atoms with Crippen molar-refractivity contribution in [1.29, 1.82) is 0 Å². The molecule has 1 saturated heterocycles. The third-order valence-corrected chi connectivity index (χ3v) is 5.78. The standard InChI is InChI=1S/C27H29N3O5/c1-2-34-23-10-3-4-11-24(23)35-22-9-6-14-30(18-22)25-13-12-21(17-28-25)26(31)29-16-19-7-5-8-20(15-19)27(32)33/h3-5,7-8,10-13,15,17,22H,2,6,9,14,16,18H2,1H3,(H,29,31)(H,32,33). The number of hydrogen-bond donors (Lipinski definition) is 2. The van der Waals surface area contributed by atoms with Crippen molar-refractivity contribution in [2.24, 2.45) is 0 Å². The summed E-state index contributed by atoms with van der Waals surface area (Å²) in [6.45, 7) is 4.32. The summed E-state index contributed by atoms with van der Waals surface area (Å²) in [6.07, 6.45) is 3.49. The van der Waals surface area contributed by atoms with E-state index >= 15 is 0 Å². The van der Waals surface area contributed by atoms with E-state index in [2.05, 4.69) is 15.2 Å². The number of hydrogen-bond acceptors (Lipinski definition) is 6. The van der Waals surface area contributed by atoms with Gasteiger partial charge < -0.3 is 24.8 Å². The van der Waals surface area contributed by atoms with Crippen LogP contribution in [0.25, 0.3) is 0 Å². The number of carboxylic acid groups (broad SMARTS) is 1. The maximum absolute atomic E-state index is 12.6. The lowest BCUT2D eigenvalue weighted by atomic mass is 10.1. The first kappa shape index (κ1) is 24.1. The van der Waals surface area contributed by atoms with Crippen LogP contribution in [0.2, 0.25) is 0 Å². The fourth-order valence-electron chi connectivity index (χ4n) is 4.05. The van der Waals surface area contributed by atoms with Gasteiger partial charge in [-0.25, -0.2) is 9.78 Å². The highest BCUT2D eigenvalue weighted by Gasteiger charge is 2.23. The zero-order valence-electron chi connectivity index (χ0n) is 19.6. The number of para-hydroxylation sites is 2. The van der Waals surface area contributed by atoms with Crippen LogP contribution in [-0.4, -0.2) is 47.8 Å². The second-order valence-corrected chi connectivity index (χ2v) is 8.30. The van der Waals surface area contributed by atoms with Crippen LogP contribution in [0.1, 0.15) is 46.0 Å². The van der Waals surface area contributed by atoms with E-state index in [0.29, 0.717) is 24.3 Å². The molecule has 2 aromatic carbocycles. The summed E-state index contributed by atoms with van der Waals surface area (Å²) in [7, 11) is 0. The number of aromatic carboxylic acids is 1. The van der Waals surface area contributed by atoms with Crippen LogP contribution in [0.4, 0.5) is 5.82 Å². The van der Waals surface area contributed by atoms with Gasteiger partial charge in [-0.15, -0.1) is 0 Å². The van der Waals surface area contributed by atoms with Gasteiger partial charge in [0.2, 0.25) is 0 Å². The Bertz CT molecular complexity index is 1170. The minimum absolute atomic E-state index is 0.0108. The molecule has 182 valence electrons. The van der Waals surface area contributed by atoms with Crippen LogP contribution < -0.4 is 19.7 Å². The zero-order valence-corrected chi connectivity index (χ0v) is 19.6. The number of carboxylic acids is 1. The number of nitrogens with zero attached hydrogens (tertiary/aromatic N) is 2. The van der Waals surface area contributed by atoms with Crippen LogP contribution in [0.15, 0.2) is 66.9 Å². The molecule has 4 rings (SSSR count). The SMILES string of the molecule is CCOc1ccccc1OC1CCCN(c2ccc(C(=O)NCc3cccc(C(=O)O)c3)cn2)C1. The van der Waals surface area contributed by atoms with Gasteiger partial charge in [-0.05, 0) is 61.7 Å². The highest BCUT2D eigenvalue weighted by molar-refractivity contribution is 5.94. The van der Waals surface area contributed by atoms with Crippen molar-refractivity contribution in [3.8, 4) is 11.5 Å². The number of amides is 1. The van der Waals surface area contributed by atoms with Crippen LogP contribution in [0, 0.1) is 0 Å². The van der Waals surface area contributed by atoms with Crippen molar-refractivity contribution in [3.63, 3.8) is 0 Å². The van der Waals surface area contributed by atoms with Crippen molar-refractivity contribution in [2.45, 2.75) is 32.4 Å². The van der Waals surface area contributed by atoms with Gasteiger partial charge in [0, 0.05) is 19.3 Å². The Hall–Kier alpha value is -4.07. The molecule has 3 aromatic rings. The Morgan fingerprint density at radius 1 is 1.09 bits per heavy atom. The van der Waals surface area contributed by atoms with Gasteiger partial charge in [0.25, 0.3) is 5.91 Å². The summed E-state index contributed by atoms with van der Waals surface area (Å²) in [5, 5.41) is 11.9. The Morgan fingerprint density at radius 2 is 1.91 bits per heavy atom. The Balaban J connectivity index is 1.34. The van der Waals surface area contributed by atoms with E-state index in [0.717, 1.165) is 36.7 Å². The topological polar surface area (TPSA) is 101 Å². The number of benzene rings is 2. The summed E-state index contributed by atoms with van der Waals surface area (Å²) in [6, 6.07) is 17.8. The lowest BCUT2D eigenvalue weighted by molar-refractivity contribution is 0.0696. The minimum Gasteiger partial charge on any atom is -0.490 e. The average Bonchev–Trinajstić information content (AvgIpc) is 2.89. The molecular formula is C27H29N3O5. The number of ether oxygens (including phenoxy) is 2. The third kappa shape index (κ3) is 6.29. The Morgan fingerprint density at radius 3 is 2.66 bits per heavy atom. The predicted octanol–water partition coefficient (Wildman–Crippen LogP) is 4.16. The van der Waals surface area contributed by atoms with Gasteiger partial charge in [-0.2, -0.15) is 0 Å². The third-order valence-electron chi connectivity index (χ3n) is 5.78. The van der Waals surface area contributed by atoms with E-state index in [1.807, 2.05) is 37.3 Å². The number of anilines is 1. The molecule has 0 bridgehead atoms. The van der Waals surface area contributed by atoms with E-state index in [1.165, 1.54) is 6.07 Å². The molecule has 2 N–H and O–H groups in total. The summed E-state index contributed by atoms with van der Waals surface area (Å²) in [4.78, 5) is 30.3. The van der Waals surface area contributed by atoms with Crippen molar-refractivity contribution >= 4 is 17.7 Å². The van der Waals surface area contributed by atoms with Crippen molar-refractivity contribution in [1.82, 2.24) is 10.3 Å². The fraction of sp³-hybridized carbons (Fsp3) is 0.296.